The molecule has 20 heteroatoms. The van der Waals surface area contributed by atoms with Gasteiger partial charge in [0.1, 0.15) is 0 Å². The minimum Gasteiger partial charge on any atom is -0.858 e. The molecule has 0 spiro atoms. The molecular formula is C51H56BrCl2N7O6S4. The van der Waals surface area contributed by atoms with E-state index in [2.05, 4.69) is 50.4 Å². The van der Waals surface area contributed by atoms with Crippen LogP contribution in [0.2, 0.25) is 10.0 Å². The molecule has 13 nitrogen and oxygen atoms in total. The summed E-state index contributed by atoms with van der Waals surface area (Å²) in [5.74, 6) is -0.0721. The van der Waals surface area contributed by atoms with E-state index in [4.69, 9.17) is 38.4 Å². The Bertz CT molecular complexity index is 2990. The van der Waals surface area contributed by atoms with E-state index in [0.717, 1.165) is 109 Å². The second-order valence-electron chi connectivity index (χ2n) is 16.4. The highest BCUT2D eigenvalue weighted by atomic mass is 79.9. The normalized spacial score (nSPS) is 14.7. The molecule has 2 fully saturated rings. The van der Waals surface area contributed by atoms with E-state index in [1.807, 2.05) is 76.1 Å². The molecule has 71 heavy (non-hydrogen) atoms. The summed E-state index contributed by atoms with van der Waals surface area (Å²) in [5.41, 5.74) is 9.74. The number of H-pyrrole nitrogens is 2. The average molecular weight is 1140 g/mol. The third kappa shape index (κ3) is 14.4. The Hall–Kier alpha value is -4.54. The van der Waals surface area contributed by atoms with Crippen LogP contribution in [0, 0.1) is 5.92 Å². The standard InChI is InChI=1S/C26H25ClN2O3S2.C20H14BrClN2O2S2.C5H11NO.2H3N/c27-21-3-1-2-4-22(21)34-24-25(30)28-29(26(24)31)23(20-11-14-33-16-20)19-7-5-17(6-8-19)15-18-9-12-32-13-10-18;21-14-7-5-12(6-8-14)17(13-9-10-27-11-13)24-20(26)18(19(25)23-24)28-16-4-2-1-3-15(16)22;6-5-1-3-7-4-2-5;;/h1-8,11,14,16,18,23,31H,9-10,12-13,15H2,(H,28,30);1-11,17,26H,(H,23,25);5H,1-4,6H2;2*1H3. The Labute approximate surface area is 447 Å². The Balaban J connectivity index is 0.000000202. The van der Waals surface area contributed by atoms with Gasteiger partial charge >= 0.3 is 0 Å². The van der Waals surface area contributed by atoms with Gasteiger partial charge in [0.25, 0.3) is 11.1 Å². The molecule has 0 radical (unpaired) electrons. The lowest BCUT2D eigenvalue weighted by molar-refractivity contribution is -0.284. The van der Waals surface area contributed by atoms with Gasteiger partial charge in [-0.05, 0) is 136 Å². The van der Waals surface area contributed by atoms with E-state index in [-0.39, 0.29) is 33.9 Å². The highest BCUT2D eigenvalue weighted by Crippen LogP contribution is 2.40. The number of thiophene rings is 2. The summed E-state index contributed by atoms with van der Waals surface area (Å²) in [6.45, 7) is 3.40. The van der Waals surface area contributed by atoms with Crippen LogP contribution < -0.4 is 39.4 Å². The lowest BCUT2D eigenvalue weighted by Crippen LogP contribution is -2.28. The van der Waals surface area contributed by atoms with Gasteiger partial charge in [0, 0.05) is 58.5 Å². The van der Waals surface area contributed by atoms with Crippen LogP contribution in [-0.2, 0) is 15.9 Å². The number of benzene rings is 4. The summed E-state index contributed by atoms with van der Waals surface area (Å²) in [5, 5.41) is 41.0. The van der Waals surface area contributed by atoms with Gasteiger partial charge in [0.15, 0.2) is 0 Å². The van der Waals surface area contributed by atoms with Crippen molar-refractivity contribution in [3.8, 4) is 11.8 Å². The molecule has 2 aliphatic heterocycles. The van der Waals surface area contributed by atoms with E-state index < -0.39 is 23.2 Å². The number of quaternary nitrogens is 2. The van der Waals surface area contributed by atoms with Crippen molar-refractivity contribution in [3.05, 3.63) is 194 Å². The molecule has 2 unspecified atom stereocenters. The zero-order valence-corrected chi connectivity index (χ0v) is 45.4. The Morgan fingerprint density at radius 3 is 1.45 bits per heavy atom. The summed E-state index contributed by atoms with van der Waals surface area (Å²) in [4.78, 5) is 27.0. The van der Waals surface area contributed by atoms with Crippen LogP contribution in [-0.4, -0.2) is 52.0 Å². The first-order valence-corrected chi connectivity index (χ1v) is 27.3. The Morgan fingerprint density at radius 1 is 0.634 bits per heavy atom. The van der Waals surface area contributed by atoms with Gasteiger partial charge < -0.3 is 37.7 Å². The van der Waals surface area contributed by atoms with Gasteiger partial charge in [-0.15, -0.1) is 0 Å². The maximum atomic E-state index is 13.4. The maximum Gasteiger partial charge on any atom is 0.277 e. The number of halogens is 3. The molecule has 2 saturated heterocycles. The van der Waals surface area contributed by atoms with Gasteiger partial charge in [-0.1, -0.05) is 123 Å². The predicted molar refractivity (Wildman–Crippen MR) is 291 cm³/mol. The molecule has 2 atom stereocenters. The fourth-order valence-electron chi connectivity index (χ4n) is 7.98. The molecule has 376 valence electrons. The highest BCUT2D eigenvalue weighted by molar-refractivity contribution is 9.10. The molecule has 8 aromatic rings. The smallest absolute Gasteiger partial charge is 0.277 e. The molecular weight excluding hydrogens is 1090 g/mol. The first kappa shape index (κ1) is 55.8. The number of nitrogens with two attached hydrogens (primary N) is 1. The van der Waals surface area contributed by atoms with E-state index in [0.29, 0.717) is 31.8 Å². The SMILES string of the molecule is NC1CCOCC1.O=c1[nH]n(C(c2ccc(Br)cc2)c2ccsc2)c([O-])c1Sc1ccccc1Cl.O=c1[nH]n(C(c2ccc(CC3CCOCC3)cc2)c2ccsc2)c([O-])c1Sc1ccccc1Cl.[NH4+].[NH4+]. The first-order valence-electron chi connectivity index (χ1n) is 22.2. The molecule has 0 amide bonds. The van der Waals surface area contributed by atoms with Crippen molar-refractivity contribution in [2.75, 3.05) is 26.4 Å². The van der Waals surface area contributed by atoms with Gasteiger partial charge in [0.05, 0.1) is 31.9 Å². The van der Waals surface area contributed by atoms with Crippen molar-refractivity contribution in [1.29, 1.82) is 0 Å². The van der Waals surface area contributed by atoms with E-state index in [1.54, 1.807) is 53.0 Å². The maximum absolute atomic E-state index is 13.4. The Kier molecular flexibility index (Phi) is 21.2. The van der Waals surface area contributed by atoms with Crippen molar-refractivity contribution in [2.45, 2.75) is 69.8 Å². The van der Waals surface area contributed by atoms with Crippen LogP contribution in [0.4, 0.5) is 0 Å². The molecule has 10 rings (SSSR count). The van der Waals surface area contributed by atoms with E-state index in [9.17, 15) is 19.8 Å². The second-order valence-corrected chi connectivity index (χ2v) is 21.8. The fourth-order valence-corrected chi connectivity index (χ4v) is 11.8. The number of hydrogen-bond acceptors (Lipinski definition) is 11. The average Bonchev–Trinajstić information content (AvgIpc) is 4.19. The summed E-state index contributed by atoms with van der Waals surface area (Å²) in [6, 6.07) is 34.0. The van der Waals surface area contributed by atoms with Crippen LogP contribution in [0.1, 0.15) is 65.6 Å². The lowest BCUT2D eigenvalue weighted by atomic mass is 9.91. The zero-order valence-electron chi connectivity index (χ0n) is 39.1. The van der Waals surface area contributed by atoms with Crippen LogP contribution in [0.3, 0.4) is 0 Å². The van der Waals surface area contributed by atoms with Crippen molar-refractivity contribution < 1.29 is 19.7 Å². The summed E-state index contributed by atoms with van der Waals surface area (Å²) < 4.78 is 14.3. The molecule has 0 aliphatic carbocycles. The highest BCUT2D eigenvalue weighted by Gasteiger charge is 2.24. The molecule has 0 bridgehead atoms. The molecule has 4 aromatic carbocycles. The number of nitrogens with zero attached hydrogens (tertiary/aromatic N) is 2. The monoisotopic (exact) mass is 1140 g/mol. The minimum atomic E-state index is -0.424. The zero-order chi connectivity index (χ0) is 48.3. The van der Waals surface area contributed by atoms with Gasteiger partial charge in [-0.2, -0.15) is 22.7 Å². The molecule has 4 aromatic heterocycles. The largest absolute Gasteiger partial charge is 0.858 e. The van der Waals surface area contributed by atoms with Crippen LogP contribution >= 0.6 is 85.3 Å². The van der Waals surface area contributed by atoms with Crippen molar-refractivity contribution in [3.63, 3.8) is 0 Å². The van der Waals surface area contributed by atoms with Crippen LogP contribution in [0.5, 0.6) is 11.8 Å². The number of rotatable bonds is 12. The van der Waals surface area contributed by atoms with Crippen LogP contribution in [0.15, 0.2) is 164 Å². The topological polar surface area (TPSA) is 239 Å². The van der Waals surface area contributed by atoms with E-state index >= 15 is 0 Å². The van der Waals surface area contributed by atoms with Crippen LogP contribution in [0.25, 0.3) is 0 Å². The van der Waals surface area contributed by atoms with Gasteiger partial charge in [0.2, 0.25) is 0 Å². The second kappa shape index (κ2) is 27.0. The molecule has 2 aliphatic rings. The predicted octanol–water partition coefficient (Wildman–Crippen LogP) is 12.1. The minimum absolute atomic E-state index is 0. The van der Waals surface area contributed by atoms with Crippen molar-refractivity contribution >= 4 is 85.3 Å². The molecule has 6 heterocycles. The van der Waals surface area contributed by atoms with Crippen molar-refractivity contribution in [1.82, 2.24) is 31.9 Å². The van der Waals surface area contributed by atoms with Crippen molar-refractivity contribution in [2.24, 2.45) is 11.7 Å². The number of ether oxygens (including phenoxy) is 2. The van der Waals surface area contributed by atoms with Gasteiger partial charge in [-0.3, -0.25) is 29.2 Å². The number of hydrogen-bond donors (Lipinski definition) is 5. The molecule has 12 N–H and O–H groups in total. The summed E-state index contributed by atoms with van der Waals surface area (Å²) in [6.07, 6.45) is 5.29. The number of nitrogens with one attached hydrogen (secondary N) is 2. The fraction of sp³-hybridized carbons (Fsp3) is 0.255. The quantitative estimate of drug-likeness (QED) is 0.0780. The summed E-state index contributed by atoms with van der Waals surface area (Å²) >= 11 is 21.2. The molecule has 0 saturated carbocycles. The van der Waals surface area contributed by atoms with Gasteiger partial charge in [-0.25, -0.2) is 0 Å². The Morgan fingerprint density at radius 2 is 1.06 bits per heavy atom. The third-order valence-corrected chi connectivity index (χ3v) is 16.7. The summed E-state index contributed by atoms with van der Waals surface area (Å²) in [7, 11) is 0. The number of aromatic nitrogens is 4. The third-order valence-electron chi connectivity index (χ3n) is 11.6. The van der Waals surface area contributed by atoms with E-state index in [1.165, 1.54) is 14.9 Å². The lowest BCUT2D eigenvalue weighted by Gasteiger charge is -2.24. The number of aromatic amines is 2. The first-order chi connectivity index (χ1) is 33.5.